The van der Waals surface area contributed by atoms with Gasteiger partial charge in [0.15, 0.2) is 0 Å². The van der Waals surface area contributed by atoms with Crippen LogP contribution in [0.1, 0.15) is 24.6 Å². The summed E-state index contributed by atoms with van der Waals surface area (Å²) in [6.45, 7) is 3.94. The minimum Gasteiger partial charge on any atom is -0.383 e. The number of rotatable bonds is 9. The second kappa shape index (κ2) is 9.21. The first-order chi connectivity index (χ1) is 12.0. The van der Waals surface area contributed by atoms with Gasteiger partial charge in [0.05, 0.1) is 13.2 Å². The maximum absolute atomic E-state index is 12.5. The van der Waals surface area contributed by atoms with Crippen molar-refractivity contribution in [2.45, 2.75) is 32.9 Å². The molecule has 0 radical (unpaired) electrons. The van der Waals surface area contributed by atoms with Gasteiger partial charge in [0, 0.05) is 29.5 Å². The number of ether oxygens (including phenoxy) is 1. The van der Waals surface area contributed by atoms with E-state index in [2.05, 4.69) is 20.9 Å². The van der Waals surface area contributed by atoms with E-state index < -0.39 is 11.2 Å². The lowest BCUT2D eigenvalue weighted by atomic mass is 10.3. The highest BCUT2D eigenvalue weighted by Crippen LogP contribution is 2.27. The summed E-state index contributed by atoms with van der Waals surface area (Å²) in [5, 5.41) is 1.98. The minimum atomic E-state index is -0.473. The molecule has 2 heterocycles. The van der Waals surface area contributed by atoms with Crippen molar-refractivity contribution in [3.63, 3.8) is 0 Å². The Labute approximate surface area is 158 Å². The molecule has 2 aromatic heterocycles. The molecule has 138 valence electrons. The lowest BCUT2D eigenvalue weighted by molar-refractivity contribution is 0.205. The molecule has 0 amide bonds. The van der Waals surface area contributed by atoms with Crippen LogP contribution in [0.25, 0.3) is 0 Å². The summed E-state index contributed by atoms with van der Waals surface area (Å²) in [6.07, 6.45) is 1.74. The maximum Gasteiger partial charge on any atom is 0.330 e. The smallest absolute Gasteiger partial charge is 0.330 e. The Hall–Kier alpha value is -1.58. The van der Waals surface area contributed by atoms with Crippen molar-refractivity contribution in [1.82, 2.24) is 9.55 Å². The summed E-state index contributed by atoms with van der Waals surface area (Å²) in [6, 6.07) is 1.96. The van der Waals surface area contributed by atoms with E-state index in [1.807, 2.05) is 23.3 Å². The molecule has 25 heavy (non-hydrogen) atoms. The number of aromatic amines is 1. The Morgan fingerprint density at radius 2 is 2.20 bits per heavy atom. The monoisotopic (exact) mass is 430 g/mol. The first kappa shape index (κ1) is 19.7. The van der Waals surface area contributed by atoms with E-state index in [0.29, 0.717) is 31.9 Å². The van der Waals surface area contributed by atoms with Gasteiger partial charge in [0.25, 0.3) is 5.56 Å². The number of H-pyrrole nitrogens is 1. The highest BCUT2D eigenvalue weighted by molar-refractivity contribution is 9.10. The normalized spacial score (nSPS) is 11.0. The number of aromatic nitrogens is 2. The van der Waals surface area contributed by atoms with E-state index in [1.54, 1.807) is 18.4 Å². The molecule has 2 rings (SSSR count). The minimum absolute atomic E-state index is 0.200. The number of nitrogen functional groups attached to an aromatic ring is 1. The number of unbranched alkanes of at least 4 members (excludes halogenated alkanes) is 1. The Balaban J connectivity index is 2.46. The second-order valence-electron chi connectivity index (χ2n) is 5.60. The molecule has 0 saturated heterocycles. The molecule has 0 aliphatic carbocycles. The van der Waals surface area contributed by atoms with Crippen molar-refractivity contribution >= 4 is 38.8 Å². The lowest BCUT2D eigenvalue weighted by Crippen LogP contribution is -2.39. The average molecular weight is 431 g/mol. The Bertz CT molecular complexity index is 814. The Morgan fingerprint density at radius 1 is 1.44 bits per heavy atom. The van der Waals surface area contributed by atoms with Crippen molar-refractivity contribution in [2.24, 2.45) is 0 Å². The van der Waals surface area contributed by atoms with Crippen molar-refractivity contribution in [1.29, 1.82) is 0 Å². The van der Waals surface area contributed by atoms with E-state index in [0.717, 1.165) is 22.2 Å². The van der Waals surface area contributed by atoms with Gasteiger partial charge in [-0.25, -0.2) is 4.79 Å². The van der Waals surface area contributed by atoms with Crippen molar-refractivity contribution in [3.05, 3.63) is 41.6 Å². The predicted molar refractivity (Wildman–Crippen MR) is 106 cm³/mol. The SMILES string of the molecule is CCCCn1c(N)c(N(CCOC)Cc2sccc2Br)c(=O)[nH]c1=O. The molecule has 9 heteroatoms. The molecule has 7 nitrogen and oxygen atoms in total. The van der Waals surface area contributed by atoms with Crippen molar-refractivity contribution < 1.29 is 4.74 Å². The van der Waals surface area contributed by atoms with Gasteiger partial charge in [-0.05, 0) is 33.8 Å². The predicted octanol–water partition coefficient (Wildman–Crippen LogP) is 2.40. The number of nitrogens with two attached hydrogens (primary N) is 1. The molecule has 2 aromatic rings. The van der Waals surface area contributed by atoms with E-state index in [4.69, 9.17) is 10.5 Å². The topological polar surface area (TPSA) is 93.3 Å². The molecule has 0 aliphatic heterocycles. The van der Waals surface area contributed by atoms with Gasteiger partial charge in [0.1, 0.15) is 11.5 Å². The molecule has 0 bridgehead atoms. The van der Waals surface area contributed by atoms with Crippen LogP contribution in [0.5, 0.6) is 0 Å². The number of methoxy groups -OCH3 is 1. The quantitative estimate of drug-likeness (QED) is 0.636. The van der Waals surface area contributed by atoms with Crippen LogP contribution in [0.2, 0.25) is 0 Å². The zero-order valence-corrected chi connectivity index (χ0v) is 16.8. The number of thiophene rings is 1. The van der Waals surface area contributed by atoms with E-state index >= 15 is 0 Å². The van der Waals surface area contributed by atoms with Crippen molar-refractivity contribution in [2.75, 3.05) is 30.9 Å². The second-order valence-corrected chi connectivity index (χ2v) is 7.46. The van der Waals surface area contributed by atoms with Crippen molar-refractivity contribution in [3.8, 4) is 0 Å². The van der Waals surface area contributed by atoms with Gasteiger partial charge in [-0.3, -0.25) is 14.3 Å². The third-order valence-electron chi connectivity index (χ3n) is 3.86. The average Bonchev–Trinajstić information content (AvgIpc) is 2.97. The van der Waals surface area contributed by atoms with Gasteiger partial charge >= 0.3 is 5.69 Å². The number of hydrogen-bond acceptors (Lipinski definition) is 6. The fraction of sp³-hybridized carbons (Fsp3) is 0.500. The summed E-state index contributed by atoms with van der Waals surface area (Å²) in [5.74, 6) is 0.200. The van der Waals surface area contributed by atoms with Crippen LogP contribution in [0.4, 0.5) is 11.5 Å². The van der Waals surface area contributed by atoms with Crippen LogP contribution >= 0.6 is 27.3 Å². The van der Waals surface area contributed by atoms with Gasteiger partial charge in [-0.1, -0.05) is 13.3 Å². The summed E-state index contributed by atoms with van der Waals surface area (Å²) < 4.78 is 7.59. The Morgan fingerprint density at radius 3 is 2.80 bits per heavy atom. The summed E-state index contributed by atoms with van der Waals surface area (Å²) in [5.41, 5.74) is 5.59. The third-order valence-corrected chi connectivity index (χ3v) is 5.77. The zero-order valence-electron chi connectivity index (χ0n) is 14.4. The van der Waals surface area contributed by atoms with E-state index in [9.17, 15) is 9.59 Å². The molecular weight excluding hydrogens is 408 g/mol. The molecular formula is C16H23BrN4O3S. The highest BCUT2D eigenvalue weighted by Gasteiger charge is 2.20. The van der Waals surface area contributed by atoms with Crippen LogP contribution in [0.3, 0.4) is 0 Å². The molecule has 3 N–H and O–H groups in total. The number of anilines is 2. The third kappa shape index (κ3) is 4.74. The summed E-state index contributed by atoms with van der Waals surface area (Å²) in [4.78, 5) is 29.9. The van der Waals surface area contributed by atoms with E-state index in [1.165, 1.54) is 4.57 Å². The number of hydrogen-bond donors (Lipinski definition) is 2. The first-order valence-electron chi connectivity index (χ1n) is 8.07. The molecule has 0 saturated carbocycles. The number of nitrogens with zero attached hydrogens (tertiary/aromatic N) is 2. The first-order valence-corrected chi connectivity index (χ1v) is 9.75. The van der Waals surface area contributed by atoms with Crippen LogP contribution in [0, 0.1) is 0 Å². The zero-order chi connectivity index (χ0) is 18.4. The van der Waals surface area contributed by atoms with Gasteiger partial charge in [-0.2, -0.15) is 0 Å². The summed E-state index contributed by atoms with van der Waals surface area (Å²) in [7, 11) is 1.61. The van der Waals surface area contributed by atoms with Crippen LogP contribution in [0.15, 0.2) is 25.5 Å². The molecule has 0 spiro atoms. The van der Waals surface area contributed by atoms with Crippen LogP contribution in [-0.4, -0.2) is 29.8 Å². The maximum atomic E-state index is 12.5. The van der Waals surface area contributed by atoms with Crippen LogP contribution < -0.4 is 21.9 Å². The lowest BCUT2D eigenvalue weighted by Gasteiger charge is -2.25. The van der Waals surface area contributed by atoms with Gasteiger partial charge in [-0.15, -0.1) is 11.3 Å². The molecule has 0 unspecified atom stereocenters. The highest BCUT2D eigenvalue weighted by atomic mass is 79.9. The molecule has 0 aromatic carbocycles. The van der Waals surface area contributed by atoms with Gasteiger partial charge < -0.3 is 15.4 Å². The number of nitrogens with one attached hydrogen (secondary N) is 1. The summed E-state index contributed by atoms with van der Waals surface area (Å²) >= 11 is 5.10. The fourth-order valence-electron chi connectivity index (χ4n) is 2.50. The van der Waals surface area contributed by atoms with E-state index in [-0.39, 0.29) is 5.82 Å². The Kier molecular flexibility index (Phi) is 7.27. The fourth-order valence-corrected chi connectivity index (χ4v) is 4.00. The molecule has 0 aliphatic rings. The standard InChI is InChI=1S/C16H23BrN4O3S/c1-3-4-6-21-14(18)13(15(22)19-16(21)23)20(7-8-24-2)10-12-11(17)5-9-25-12/h5,9H,3-4,6-8,10,18H2,1-2H3,(H,19,22,23). The molecule has 0 atom stereocenters. The largest absolute Gasteiger partial charge is 0.383 e. The number of halogens is 1. The van der Waals surface area contributed by atoms with Crippen LogP contribution in [-0.2, 0) is 17.8 Å². The van der Waals surface area contributed by atoms with Gasteiger partial charge in [0.2, 0.25) is 0 Å². The molecule has 0 fully saturated rings.